The van der Waals surface area contributed by atoms with Crippen LogP contribution < -0.4 is 15.8 Å². The van der Waals surface area contributed by atoms with Gasteiger partial charge in [0, 0.05) is 31.5 Å². The molecule has 0 saturated heterocycles. The largest absolute Gasteiger partial charge is 0.493 e. The molecule has 0 unspecified atom stereocenters. The molecule has 34 heavy (non-hydrogen) atoms. The van der Waals surface area contributed by atoms with Gasteiger partial charge in [0.05, 0.1) is 6.61 Å². The summed E-state index contributed by atoms with van der Waals surface area (Å²) < 4.78 is 5.78. The first-order chi connectivity index (χ1) is 16.5. The lowest BCUT2D eigenvalue weighted by molar-refractivity contribution is -0.118. The van der Waals surface area contributed by atoms with Gasteiger partial charge in [-0.3, -0.25) is 14.9 Å². The fourth-order valence-electron chi connectivity index (χ4n) is 3.35. The van der Waals surface area contributed by atoms with Crippen molar-refractivity contribution in [2.75, 3.05) is 19.7 Å². The Labute approximate surface area is 205 Å². The number of benzene rings is 3. The minimum atomic E-state index is -0.415. The smallest absolute Gasteiger partial charge is 0.257 e. The van der Waals surface area contributed by atoms with E-state index in [1.807, 2.05) is 48.5 Å². The van der Waals surface area contributed by atoms with Gasteiger partial charge in [0.2, 0.25) is 5.91 Å². The lowest BCUT2D eigenvalue weighted by Gasteiger charge is -2.25. The molecule has 0 aliphatic heterocycles. The molecule has 0 saturated carbocycles. The summed E-state index contributed by atoms with van der Waals surface area (Å²) in [6, 6.07) is 27.0. The minimum absolute atomic E-state index is 0.153. The van der Waals surface area contributed by atoms with Crippen LogP contribution in [-0.2, 0) is 17.6 Å². The zero-order chi connectivity index (χ0) is 24.2. The third kappa shape index (κ3) is 8.33. The van der Waals surface area contributed by atoms with Gasteiger partial charge in [-0.2, -0.15) is 0 Å². The maximum Gasteiger partial charge on any atom is 0.257 e. The van der Waals surface area contributed by atoms with Crippen molar-refractivity contribution in [1.29, 1.82) is 0 Å². The van der Waals surface area contributed by atoms with E-state index in [4.69, 9.17) is 22.7 Å². The van der Waals surface area contributed by atoms with E-state index in [9.17, 15) is 9.59 Å². The number of hydrogen-bond donors (Lipinski definition) is 2. The molecule has 0 aliphatic rings. The monoisotopic (exact) mass is 475 g/mol. The van der Waals surface area contributed by atoms with Crippen molar-refractivity contribution >= 4 is 29.1 Å². The highest BCUT2D eigenvalue weighted by Gasteiger charge is 2.15. The van der Waals surface area contributed by atoms with Crippen LogP contribution in [0.1, 0.15) is 27.9 Å². The molecule has 3 aromatic carbocycles. The average Bonchev–Trinajstić information content (AvgIpc) is 2.85. The molecule has 176 valence electrons. The molecule has 0 heterocycles. The number of primary amides is 1. The molecule has 0 spiro atoms. The Bertz CT molecular complexity index is 1070. The number of rotatable bonds is 11. The van der Waals surface area contributed by atoms with Gasteiger partial charge in [-0.05, 0) is 54.0 Å². The van der Waals surface area contributed by atoms with Crippen LogP contribution in [0.4, 0.5) is 0 Å². The Morgan fingerprint density at radius 3 is 2.00 bits per heavy atom. The lowest BCUT2D eigenvalue weighted by atomic mass is 10.1. The first-order valence-corrected chi connectivity index (χ1v) is 11.6. The Hall–Kier alpha value is -3.71. The third-order valence-electron chi connectivity index (χ3n) is 5.27. The summed E-state index contributed by atoms with van der Waals surface area (Å²) in [6.07, 6.45) is 1.69. The van der Waals surface area contributed by atoms with Gasteiger partial charge < -0.3 is 15.4 Å². The Kier molecular flexibility index (Phi) is 9.61. The van der Waals surface area contributed by atoms with E-state index in [-0.39, 0.29) is 17.4 Å². The number of nitrogens with two attached hydrogens (primary N) is 1. The van der Waals surface area contributed by atoms with Crippen molar-refractivity contribution in [3.05, 3.63) is 102 Å². The van der Waals surface area contributed by atoms with Crippen LogP contribution >= 0.6 is 12.2 Å². The zero-order valence-corrected chi connectivity index (χ0v) is 19.8. The second kappa shape index (κ2) is 13.1. The van der Waals surface area contributed by atoms with E-state index in [1.165, 1.54) is 5.56 Å². The van der Waals surface area contributed by atoms with E-state index in [2.05, 4.69) is 17.4 Å². The third-order valence-corrected chi connectivity index (χ3v) is 5.63. The topological polar surface area (TPSA) is 84.7 Å². The van der Waals surface area contributed by atoms with Gasteiger partial charge >= 0.3 is 0 Å². The number of nitrogens with zero attached hydrogens (tertiary/aromatic N) is 1. The Morgan fingerprint density at radius 1 is 0.824 bits per heavy atom. The Balaban J connectivity index is 1.52. The first-order valence-electron chi connectivity index (χ1n) is 11.2. The molecule has 0 aliphatic carbocycles. The molecular weight excluding hydrogens is 446 g/mol. The molecule has 0 fully saturated rings. The summed E-state index contributed by atoms with van der Waals surface area (Å²) in [5.41, 5.74) is 8.13. The van der Waals surface area contributed by atoms with E-state index < -0.39 is 5.91 Å². The predicted molar refractivity (Wildman–Crippen MR) is 138 cm³/mol. The maximum atomic E-state index is 12.7. The highest BCUT2D eigenvalue weighted by Crippen LogP contribution is 2.13. The number of amides is 2. The second-order valence-corrected chi connectivity index (χ2v) is 8.19. The van der Waals surface area contributed by atoms with Crippen LogP contribution in [-0.4, -0.2) is 41.5 Å². The number of carbonyl (C=O) groups is 2. The van der Waals surface area contributed by atoms with Crippen LogP contribution in [0, 0.1) is 0 Å². The highest BCUT2D eigenvalue weighted by atomic mass is 32.1. The van der Waals surface area contributed by atoms with E-state index >= 15 is 0 Å². The van der Waals surface area contributed by atoms with Crippen LogP contribution in [0.3, 0.4) is 0 Å². The summed E-state index contributed by atoms with van der Waals surface area (Å²) in [5, 5.41) is 3.03. The number of nitrogens with one attached hydrogen (secondary N) is 1. The number of hydrogen-bond acceptors (Lipinski definition) is 4. The minimum Gasteiger partial charge on any atom is -0.493 e. The molecule has 0 bridgehead atoms. The summed E-state index contributed by atoms with van der Waals surface area (Å²) in [7, 11) is 0. The average molecular weight is 476 g/mol. The standard InChI is InChI=1S/C27H29N3O3S/c28-25(31)16-19-30(18-15-21-7-3-1-4-8-21)27(34)29-26(32)23-11-13-24(14-12-23)33-20-17-22-9-5-2-6-10-22/h1-14H,15-20H2,(H2,28,31)(H,29,32,34). The molecule has 0 radical (unpaired) electrons. The second-order valence-electron chi connectivity index (χ2n) is 7.81. The summed E-state index contributed by atoms with van der Waals surface area (Å²) >= 11 is 5.47. The Morgan fingerprint density at radius 2 is 1.41 bits per heavy atom. The van der Waals surface area contributed by atoms with Crippen molar-refractivity contribution in [3.63, 3.8) is 0 Å². The van der Waals surface area contributed by atoms with Crippen molar-refractivity contribution < 1.29 is 14.3 Å². The summed E-state index contributed by atoms with van der Waals surface area (Å²) in [4.78, 5) is 25.8. The van der Waals surface area contributed by atoms with Crippen LogP contribution in [0.25, 0.3) is 0 Å². The van der Waals surface area contributed by atoms with Crippen molar-refractivity contribution in [2.24, 2.45) is 5.73 Å². The quantitative estimate of drug-likeness (QED) is 0.413. The molecule has 0 atom stereocenters. The van der Waals surface area contributed by atoms with Crippen LogP contribution in [0.15, 0.2) is 84.9 Å². The SMILES string of the molecule is NC(=O)CCN(CCc1ccccc1)C(=S)NC(=O)c1ccc(OCCc2ccccc2)cc1. The van der Waals surface area contributed by atoms with Gasteiger partial charge in [-0.15, -0.1) is 0 Å². The number of thiocarbonyl (C=S) groups is 1. The number of carbonyl (C=O) groups excluding carboxylic acids is 2. The maximum absolute atomic E-state index is 12.7. The fourth-order valence-corrected chi connectivity index (χ4v) is 3.63. The van der Waals surface area contributed by atoms with Crippen molar-refractivity contribution in [1.82, 2.24) is 10.2 Å². The normalized spacial score (nSPS) is 10.4. The zero-order valence-electron chi connectivity index (χ0n) is 19.0. The van der Waals surface area contributed by atoms with Gasteiger partial charge in [0.1, 0.15) is 5.75 Å². The molecule has 3 rings (SSSR count). The number of ether oxygens (including phenoxy) is 1. The molecule has 3 N–H and O–H groups in total. The van der Waals surface area contributed by atoms with E-state index in [1.54, 1.807) is 29.2 Å². The molecule has 3 aromatic rings. The molecule has 2 amide bonds. The van der Waals surface area contributed by atoms with Gasteiger partial charge in [-0.1, -0.05) is 60.7 Å². The van der Waals surface area contributed by atoms with Crippen LogP contribution in [0.5, 0.6) is 5.75 Å². The first kappa shape index (κ1) is 24.9. The predicted octanol–water partition coefficient (Wildman–Crippen LogP) is 3.74. The molecule has 0 aromatic heterocycles. The molecular formula is C27H29N3O3S. The van der Waals surface area contributed by atoms with E-state index in [0.29, 0.717) is 31.0 Å². The summed E-state index contributed by atoms with van der Waals surface area (Å²) in [5.74, 6) is -0.0349. The summed E-state index contributed by atoms with van der Waals surface area (Å²) in [6.45, 7) is 1.45. The molecule has 7 heteroatoms. The van der Waals surface area contributed by atoms with Crippen LogP contribution in [0.2, 0.25) is 0 Å². The van der Waals surface area contributed by atoms with Gasteiger partial charge in [-0.25, -0.2) is 0 Å². The van der Waals surface area contributed by atoms with Gasteiger partial charge in [0.15, 0.2) is 5.11 Å². The van der Waals surface area contributed by atoms with Gasteiger partial charge in [0.25, 0.3) is 5.91 Å². The lowest BCUT2D eigenvalue weighted by Crippen LogP contribution is -2.44. The fraction of sp³-hybridized carbons (Fsp3) is 0.222. The highest BCUT2D eigenvalue weighted by molar-refractivity contribution is 7.80. The molecule has 6 nitrogen and oxygen atoms in total. The van der Waals surface area contributed by atoms with Crippen molar-refractivity contribution in [2.45, 2.75) is 19.3 Å². The van der Waals surface area contributed by atoms with Crippen molar-refractivity contribution in [3.8, 4) is 5.75 Å². The van der Waals surface area contributed by atoms with E-state index in [0.717, 1.165) is 18.4 Å².